The summed E-state index contributed by atoms with van der Waals surface area (Å²) in [6.07, 6.45) is 2.58. The highest BCUT2D eigenvalue weighted by Gasteiger charge is 2.31. The molecule has 0 aliphatic carbocycles. The second-order valence-electron chi connectivity index (χ2n) is 11.6. The van der Waals surface area contributed by atoms with Gasteiger partial charge in [-0.3, -0.25) is 0 Å². The van der Waals surface area contributed by atoms with Gasteiger partial charge in [-0.2, -0.15) is 21.9 Å². The van der Waals surface area contributed by atoms with Crippen LogP contribution in [0.3, 0.4) is 0 Å². The van der Waals surface area contributed by atoms with E-state index in [-0.39, 0.29) is 21.2 Å². The predicted octanol–water partition coefficient (Wildman–Crippen LogP) is 4.84. The Balaban J connectivity index is 0.000000182. The molecule has 6 aromatic rings. The Kier molecular flexibility index (Phi) is 11.3. The van der Waals surface area contributed by atoms with Crippen LogP contribution in [0.15, 0.2) is 164 Å². The molecular formula is C42H42BI. The van der Waals surface area contributed by atoms with Gasteiger partial charge in [-0.15, -0.1) is 0 Å². The fourth-order valence-electron chi connectivity index (χ4n) is 6.18. The molecule has 0 atom stereocenters. The molecule has 0 aliphatic heterocycles. The molecule has 0 aliphatic rings. The number of hydrogen-bond acceptors (Lipinski definition) is 0. The summed E-state index contributed by atoms with van der Waals surface area (Å²) in [6, 6.07) is 59.6. The maximum absolute atomic E-state index is 2.39. The van der Waals surface area contributed by atoms with E-state index in [1.54, 1.807) is 3.57 Å². The molecule has 0 nitrogen and oxygen atoms in total. The zero-order chi connectivity index (χ0) is 30.6. The summed E-state index contributed by atoms with van der Waals surface area (Å²) in [4.78, 5) is 0. The van der Waals surface area contributed by atoms with E-state index in [0.29, 0.717) is 0 Å². The van der Waals surface area contributed by atoms with E-state index in [9.17, 15) is 0 Å². The minimum absolute atomic E-state index is 0.0322. The number of halogens is 1. The third kappa shape index (κ3) is 7.60. The summed E-state index contributed by atoms with van der Waals surface area (Å²) >= 11 is -0.0322. The predicted molar refractivity (Wildman–Crippen MR) is 188 cm³/mol. The van der Waals surface area contributed by atoms with Crippen molar-refractivity contribution >= 4 is 28.0 Å². The van der Waals surface area contributed by atoms with Gasteiger partial charge < -0.3 is 0 Å². The minimum Gasteiger partial charge on any atom is -0.195 e. The highest BCUT2D eigenvalue weighted by molar-refractivity contribution is 7.19. The van der Waals surface area contributed by atoms with Gasteiger partial charge >= 0.3 is 21.2 Å². The van der Waals surface area contributed by atoms with Gasteiger partial charge in [0.1, 0.15) is 6.15 Å². The highest BCUT2D eigenvalue weighted by Crippen LogP contribution is 2.10. The van der Waals surface area contributed by atoms with Crippen molar-refractivity contribution in [2.45, 2.75) is 40.0 Å². The lowest BCUT2D eigenvalue weighted by molar-refractivity contribution is -0.598. The highest BCUT2D eigenvalue weighted by atomic mass is 127. The maximum atomic E-state index is 2.39. The average Bonchev–Trinajstić information content (AvgIpc) is 3.08. The fourth-order valence-corrected chi connectivity index (χ4v) is 8.52. The summed E-state index contributed by atoms with van der Waals surface area (Å²) in [7, 11) is 0. The number of benzene rings is 6. The molecule has 0 aromatic heterocycles. The van der Waals surface area contributed by atoms with E-state index in [4.69, 9.17) is 0 Å². The first kappa shape index (κ1) is 31.5. The Morgan fingerprint density at radius 1 is 0.500 bits per heavy atom. The first-order chi connectivity index (χ1) is 21.6. The van der Waals surface area contributed by atoms with Crippen molar-refractivity contribution in [2.24, 2.45) is 0 Å². The van der Waals surface area contributed by atoms with Crippen LogP contribution < -0.4 is 43.1 Å². The summed E-state index contributed by atoms with van der Waals surface area (Å²) in [5, 5.41) is 0. The molecule has 0 fully saturated rings. The Bertz CT molecular complexity index is 1530. The van der Waals surface area contributed by atoms with E-state index >= 15 is 0 Å². The summed E-state index contributed by atoms with van der Waals surface area (Å²) in [5.74, 6) is 0. The van der Waals surface area contributed by atoms with Crippen LogP contribution in [-0.2, 0) is 6.42 Å². The molecule has 0 unspecified atom stereocenters. The molecule has 0 heterocycles. The molecule has 220 valence electrons. The van der Waals surface area contributed by atoms with E-state index in [0.717, 1.165) is 0 Å². The second-order valence-corrected chi connectivity index (χ2v) is 14.5. The average molecular weight is 685 g/mol. The fraction of sp³-hybridized carbons (Fsp3) is 0.143. The number of rotatable bonds is 9. The SMILES string of the molecule is CCCCc1ccc([I+]c2ccc(C)cc2)c(C)c1.c1ccc([B-](c2ccccc2)(c2ccccc2)c2ccccc2)cc1. The van der Waals surface area contributed by atoms with Gasteiger partial charge in [0.15, 0.2) is 7.14 Å². The van der Waals surface area contributed by atoms with Crippen molar-refractivity contribution in [1.29, 1.82) is 0 Å². The summed E-state index contributed by atoms with van der Waals surface area (Å²) < 4.78 is 3.07. The molecule has 6 aromatic carbocycles. The van der Waals surface area contributed by atoms with Crippen molar-refractivity contribution < 1.29 is 21.2 Å². The van der Waals surface area contributed by atoms with Crippen molar-refractivity contribution in [3.05, 3.63) is 188 Å². The summed E-state index contributed by atoms with van der Waals surface area (Å²) in [5.41, 5.74) is 9.67. The molecule has 0 radical (unpaired) electrons. The van der Waals surface area contributed by atoms with Crippen LogP contribution in [0.2, 0.25) is 0 Å². The van der Waals surface area contributed by atoms with E-state index < -0.39 is 6.15 Å². The smallest absolute Gasteiger partial charge is 0.195 e. The van der Waals surface area contributed by atoms with Gasteiger partial charge in [-0.25, -0.2) is 0 Å². The van der Waals surface area contributed by atoms with Crippen molar-refractivity contribution in [2.75, 3.05) is 0 Å². The Labute approximate surface area is 275 Å². The molecule has 2 heteroatoms. The third-order valence-corrected chi connectivity index (χ3v) is 11.6. The van der Waals surface area contributed by atoms with Crippen LogP contribution in [0, 0.1) is 21.0 Å². The van der Waals surface area contributed by atoms with Crippen LogP contribution in [0.1, 0.15) is 36.5 Å². The van der Waals surface area contributed by atoms with Crippen molar-refractivity contribution in [3.8, 4) is 0 Å². The van der Waals surface area contributed by atoms with Crippen LogP contribution in [0.4, 0.5) is 0 Å². The summed E-state index contributed by atoms with van der Waals surface area (Å²) in [6.45, 7) is 6.67. The molecule has 0 spiro atoms. The third-order valence-electron chi connectivity index (χ3n) is 8.46. The first-order valence-electron chi connectivity index (χ1n) is 15.8. The second kappa shape index (κ2) is 15.7. The molecule has 0 N–H and O–H groups in total. The quantitative estimate of drug-likeness (QED) is 0.151. The van der Waals surface area contributed by atoms with Crippen molar-refractivity contribution in [3.63, 3.8) is 0 Å². The number of unbranched alkanes of at least 4 members (excludes halogenated alkanes) is 1. The lowest BCUT2D eigenvalue weighted by Gasteiger charge is -2.44. The minimum atomic E-state index is -1.22. The Hall–Kier alpha value is -3.89. The molecular weight excluding hydrogens is 642 g/mol. The number of hydrogen-bond donors (Lipinski definition) is 0. The molecule has 0 bridgehead atoms. The van der Waals surface area contributed by atoms with Gasteiger partial charge in [-0.1, -0.05) is 165 Å². The zero-order valence-corrected chi connectivity index (χ0v) is 28.3. The van der Waals surface area contributed by atoms with Crippen LogP contribution in [0.25, 0.3) is 0 Å². The van der Waals surface area contributed by atoms with Gasteiger partial charge in [0, 0.05) is 5.56 Å². The maximum Gasteiger partial charge on any atom is 0.358 e. The lowest BCUT2D eigenvalue weighted by Crippen LogP contribution is -3.61. The number of aryl methyl sites for hydroxylation is 3. The molecule has 6 rings (SSSR count). The lowest BCUT2D eigenvalue weighted by atomic mass is 9.13. The van der Waals surface area contributed by atoms with Crippen LogP contribution in [-0.4, -0.2) is 6.15 Å². The zero-order valence-electron chi connectivity index (χ0n) is 26.2. The topological polar surface area (TPSA) is 0 Å². The van der Waals surface area contributed by atoms with Gasteiger partial charge in [0.05, 0.1) is 0 Å². The van der Waals surface area contributed by atoms with Crippen LogP contribution in [0.5, 0.6) is 0 Å². The normalized spacial score (nSPS) is 11.0. The van der Waals surface area contributed by atoms with Crippen molar-refractivity contribution in [1.82, 2.24) is 0 Å². The van der Waals surface area contributed by atoms with Gasteiger partial charge in [0.25, 0.3) is 0 Å². The molecule has 0 amide bonds. The molecule has 0 saturated carbocycles. The van der Waals surface area contributed by atoms with Gasteiger partial charge in [-0.05, 0) is 50.5 Å². The van der Waals surface area contributed by atoms with Gasteiger partial charge in [0.2, 0.25) is 0 Å². The van der Waals surface area contributed by atoms with E-state index in [1.165, 1.54) is 61.4 Å². The Morgan fingerprint density at radius 2 is 0.932 bits per heavy atom. The van der Waals surface area contributed by atoms with E-state index in [1.807, 2.05) is 0 Å². The molecule has 44 heavy (non-hydrogen) atoms. The monoisotopic (exact) mass is 684 g/mol. The standard InChI is InChI=1S/C24H20B.C18H22I/c1-5-13-21(14-6-1)25(22-15-7-2-8-16-22,23-17-9-3-10-18-23)24-19-11-4-12-20-24;1-4-5-6-16-9-12-18(15(3)13-16)19-17-10-7-14(2)8-11-17/h1-20H;7-13H,4-6H2,1-3H3/q-1;+1. The molecule has 0 saturated heterocycles. The Morgan fingerprint density at radius 3 is 1.32 bits per heavy atom. The first-order valence-corrected chi connectivity index (χ1v) is 18.0. The van der Waals surface area contributed by atoms with E-state index in [2.05, 4.69) is 185 Å². The largest absolute Gasteiger partial charge is 0.358 e. The van der Waals surface area contributed by atoms with Crippen LogP contribution >= 0.6 is 0 Å².